The van der Waals surface area contributed by atoms with E-state index in [4.69, 9.17) is 4.42 Å². The predicted molar refractivity (Wildman–Crippen MR) is 99.7 cm³/mol. The Kier molecular flexibility index (Phi) is 5.99. The molecule has 6 heteroatoms. The zero-order chi connectivity index (χ0) is 19.1. The minimum absolute atomic E-state index is 0.114. The fraction of sp³-hybridized carbons (Fsp3) is 0.143. The highest BCUT2D eigenvalue weighted by atomic mass is 19.1. The van der Waals surface area contributed by atoms with Crippen LogP contribution in [-0.2, 0) is 17.8 Å². The van der Waals surface area contributed by atoms with Crippen LogP contribution < -0.4 is 10.6 Å². The van der Waals surface area contributed by atoms with E-state index in [0.29, 0.717) is 22.6 Å². The molecule has 0 saturated carbocycles. The largest absolute Gasteiger partial charge is 0.467 e. The van der Waals surface area contributed by atoms with Gasteiger partial charge in [-0.15, -0.1) is 0 Å². The van der Waals surface area contributed by atoms with Gasteiger partial charge < -0.3 is 15.1 Å². The van der Waals surface area contributed by atoms with Crippen molar-refractivity contribution in [1.82, 2.24) is 5.32 Å². The van der Waals surface area contributed by atoms with E-state index in [1.807, 2.05) is 0 Å². The van der Waals surface area contributed by atoms with Gasteiger partial charge in [0.15, 0.2) is 0 Å². The Bertz CT molecular complexity index is 923. The van der Waals surface area contributed by atoms with Crippen LogP contribution in [0.1, 0.15) is 28.1 Å². The third kappa shape index (κ3) is 5.04. The lowest BCUT2D eigenvalue weighted by atomic mass is 10.1. The number of amides is 2. The van der Waals surface area contributed by atoms with Gasteiger partial charge in [0.25, 0.3) is 5.91 Å². The standard InChI is InChI=1S/C21H19FN2O3/c22-18-9-3-1-6-15(18)11-12-20(25)24-19-10-4-2-8-17(19)21(26)23-14-16-7-5-13-27-16/h1-10,13H,11-12,14H2,(H,23,26)(H,24,25). The summed E-state index contributed by atoms with van der Waals surface area (Å²) in [5.41, 5.74) is 1.24. The van der Waals surface area contributed by atoms with E-state index >= 15 is 0 Å². The molecule has 1 heterocycles. The molecule has 138 valence electrons. The summed E-state index contributed by atoms with van der Waals surface area (Å²) in [7, 11) is 0. The van der Waals surface area contributed by atoms with Gasteiger partial charge in [-0.3, -0.25) is 9.59 Å². The van der Waals surface area contributed by atoms with Crippen LogP contribution in [0.25, 0.3) is 0 Å². The molecular formula is C21H19FN2O3. The first-order chi connectivity index (χ1) is 13.1. The normalized spacial score (nSPS) is 10.4. The number of furan rings is 1. The molecule has 0 bridgehead atoms. The Morgan fingerprint density at radius 1 is 0.963 bits per heavy atom. The highest BCUT2D eigenvalue weighted by Gasteiger charge is 2.14. The lowest BCUT2D eigenvalue weighted by Crippen LogP contribution is -2.24. The van der Waals surface area contributed by atoms with Crippen LogP contribution in [0.3, 0.4) is 0 Å². The number of halogens is 1. The molecule has 1 aromatic heterocycles. The monoisotopic (exact) mass is 366 g/mol. The highest BCUT2D eigenvalue weighted by Crippen LogP contribution is 2.16. The van der Waals surface area contributed by atoms with Crippen molar-refractivity contribution < 1.29 is 18.4 Å². The Hall–Kier alpha value is -3.41. The van der Waals surface area contributed by atoms with Crippen molar-refractivity contribution in [3.63, 3.8) is 0 Å². The van der Waals surface area contributed by atoms with Gasteiger partial charge in [0, 0.05) is 6.42 Å². The summed E-state index contributed by atoms with van der Waals surface area (Å²) in [6.45, 7) is 0.251. The van der Waals surface area contributed by atoms with Crippen LogP contribution >= 0.6 is 0 Å². The number of para-hydroxylation sites is 1. The minimum Gasteiger partial charge on any atom is -0.467 e. The Balaban J connectivity index is 1.60. The van der Waals surface area contributed by atoms with Crippen LogP contribution in [0.4, 0.5) is 10.1 Å². The van der Waals surface area contributed by atoms with Gasteiger partial charge in [-0.1, -0.05) is 30.3 Å². The van der Waals surface area contributed by atoms with E-state index in [1.54, 1.807) is 54.6 Å². The molecule has 2 aromatic carbocycles. The molecule has 3 aromatic rings. The summed E-state index contributed by atoms with van der Waals surface area (Å²) in [5, 5.41) is 5.48. The molecule has 3 rings (SSSR count). The lowest BCUT2D eigenvalue weighted by Gasteiger charge is -2.11. The number of carbonyl (C=O) groups is 2. The lowest BCUT2D eigenvalue weighted by molar-refractivity contribution is -0.116. The molecule has 0 unspecified atom stereocenters. The summed E-state index contributed by atoms with van der Waals surface area (Å²) in [4.78, 5) is 24.6. The van der Waals surface area contributed by atoms with E-state index in [1.165, 1.54) is 12.3 Å². The molecule has 27 heavy (non-hydrogen) atoms. The van der Waals surface area contributed by atoms with Crippen molar-refractivity contribution in [1.29, 1.82) is 0 Å². The molecule has 0 saturated heterocycles. The second kappa shape index (κ2) is 8.80. The molecule has 0 fully saturated rings. The van der Waals surface area contributed by atoms with Crippen molar-refractivity contribution in [2.75, 3.05) is 5.32 Å². The molecule has 5 nitrogen and oxygen atoms in total. The van der Waals surface area contributed by atoms with Crippen LogP contribution in [0.15, 0.2) is 71.3 Å². The predicted octanol–water partition coefficient (Wildman–Crippen LogP) is 3.92. The average molecular weight is 366 g/mol. The van der Waals surface area contributed by atoms with Gasteiger partial charge in [-0.2, -0.15) is 0 Å². The number of aryl methyl sites for hydroxylation is 1. The maximum absolute atomic E-state index is 13.6. The molecule has 0 atom stereocenters. The van der Waals surface area contributed by atoms with Gasteiger partial charge in [-0.05, 0) is 42.3 Å². The SMILES string of the molecule is O=C(CCc1ccccc1F)Nc1ccccc1C(=O)NCc1ccco1. The first kappa shape index (κ1) is 18.4. The molecule has 0 aliphatic heterocycles. The summed E-state index contributed by atoms with van der Waals surface area (Å²) in [6, 6.07) is 16.6. The number of benzene rings is 2. The third-order valence-corrected chi connectivity index (χ3v) is 4.03. The fourth-order valence-electron chi connectivity index (χ4n) is 2.63. The van der Waals surface area contributed by atoms with Crippen LogP contribution in [0.2, 0.25) is 0 Å². The fourth-order valence-corrected chi connectivity index (χ4v) is 2.63. The van der Waals surface area contributed by atoms with Crippen LogP contribution in [0.5, 0.6) is 0 Å². The molecule has 0 aliphatic carbocycles. The molecule has 0 spiro atoms. The van der Waals surface area contributed by atoms with Crippen molar-refractivity contribution in [3.8, 4) is 0 Å². The maximum atomic E-state index is 13.6. The van der Waals surface area contributed by atoms with E-state index < -0.39 is 0 Å². The summed E-state index contributed by atoms with van der Waals surface area (Å²) in [5.74, 6) is -0.307. The number of rotatable bonds is 7. The topological polar surface area (TPSA) is 71.3 Å². The molecular weight excluding hydrogens is 347 g/mol. The Morgan fingerprint density at radius 2 is 1.74 bits per heavy atom. The highest BCUT2D eigenvalue weighted by molar-refractivity contribution is 6.03. The van der Waals surface area contributed by atoms with Gasteiger partial charge in [0.1, 0.15) is 11.6 Å². The maximum Gasteiger partial charge on any atom is 0.253 e. The first-order valence-corrected chi connectivity index (χ1v) is 8.56. The summed E-state index contributed by atoms with van der Waals surface area (Å²) < 4.78 is 18.8. The van der Waals surface area contributed by atoms with Gasteiger partial charge in [-0.25, -0.2) is 4.39 Å². The molecule has 2 N–H and O–H groups in total. The van der Waals surface area contributed by atoms with E-state index in [9.17, 15) is 14.0 Å². The molecule has 2 amide bonds. The Morgan fingerprint density at radius 3 is 2.52 bits per heavy atom. The van der Waals surface area contributed by atoms with Gasteiger partial charge in [0.05, 0.1) is 24.1 Å². The summed E-state index contributed by atoms with van der Waals surface area (Å²) in [6.07, 6.45) is 1.93. The second-order valence-corrected chi connectivity index (χ2v) is 5.95. The zero-order valence-electron chi connectivity index (χ0n) is 14.6. The van der Waals surface area contributed by atoms with Crippen molar-refractivity contribution in [2.45, 2.75) is 19.4 Å². The van der Waals surface area contributed by atoms with E-state index in [-0.39, 0.29) is 37.0 Å². The van der Waals surface area contributed by atoms with Gasteiger partial charge in [0.2, 0.25) is 5.91 Å². The average Bonchev–Trinajstić information content (AvgIpc) is 3.19. The Labute approximate surface area is 156 Å². The number of carbonyl (C=O) groups excluding carboxylic acids is 2. The van der Waals surface area contributed by atoms with E-state index in [0.717, 1.165) is 0 Å². The van der Waals surface area contributed by atoms with Crippen molar-refractivity contribution in [2.24, 2.45) is 0 Å². The number of hydrogen-bond donors (Lipinski definition) is 2. The minimum atomic E-state index is -0.331. The van der Waals surface area contributed by atoms with Crippen LogP contribution in [-0.4, -0.2) is 11.8 Å². The smallest absolute Gasteiger partial charge is 0.253 e. The number of nitrogens with one attached hydrogen (secondary N) is 2. The number of anilines is 1. The van der Waals surface area contributed by atoms with Crippen molar-refractivity contribution in [3.05, 3.63) is 89.6 Å². The quantitative estimate of drug-likeness (QED) is 0.666. The van der Waals surface area contributed by atoms with Gasteiger partial charge >= 0.3 is 0 Å². The second-order valence-electron chi connectivity index (χ2n) is 5.95. The molecule has 0 radical (unpaired) electrons. The van der Waals surface area contributed by atoms with Crippen LogP contribution in [0, 0.1) is 5.82 Å². The first-order valence-electron chi connectivity index (χ1n) is 8.56. The third-order valence-electron chi connectivity index (χ3n) is 4.03. The van der Waals surface area contributed by atoms with E-state index in [2.05, 4.69) is 10.6 Å². The molecule has 0 aliphatic rings. The zero-order valence-corrected chi connectivity index (χ0v) is 14.6. The van der Waals surface area contributed by atoms with Crippen molar-refractivity contribution >= 4 is 17.5 Å². The summed E-state index contributed by atoms with van der Waals surface area (Å²) >= 11 is 0. The number of hydrogen-bond acceptors (Lipinski definition) is 3.